The lowest BCUT2D eigenvalue weighted by atomic mass is 9.76. The highest BCUT2D eigenvalue weighted by Crippen LogP contribution is 2.40. The average Bonchev–Trinajstić information content (AvgIpc) is 3.00. The third-order valence-corrected chi connectivity index (χ3v) is 8.29. The molecule has 2 aliphatic rings. The van der Waals surface area contributed by atoms with Crippen LogP contribution in [0.5, 0.6) is 0 Å². The van der Waals surface area contributed by atoms with Crippen molar-refractivity contribution in [3.05, 3.63) is 138 Å². The number of pyridine rings is 1. The monoisotopic (exact) mass is 549 g/mol. The van der Waals surface area contributed by atoms with Crippen molar-refractivity contribution in [3.63, 3.8) is 0 Å². The summed E-state index contributed by atoms with van der Waals surface area (Å²) in [4.78, 5) is 15.6. The third kappa shape index (κ3) is 5.44. The molecule has 0 fully saturated rings. The van der Waals surface area contributed by atoms with Crippen LogP contribution in [0, 0.1) is 5.41 Å². The summed E-state index contributed by atoms with van der Waals surface area (Å²) >= 11 is 0. The Kier molecular flexibility index (Phi) is 7.36. The Morgan fingerprint density at radius 3 is 1.86 bits per heavy atom. The van der Waals surface area contributed by atoms with Gasteiger partial charge in [0.1, 0.15) is 0 Å². The molecule has 42 heavy (non-hydrogen) atoms. The molecule has 1 aliphatic heterocycles. The van der Waals surface area contributed by atoms with E-state index in [-0.39, 0.29) is 22.9 Å². The number of fused-ring (bicyclic) bond motifs is 1. The molecule has 0 N–H and O–H groups in total. The van der Waals surface area contributed by atoms with E-state index < -0.39 is 0 Å². The van der Waals surface area contributed by atoms with Crippen molar-refractivity contribution in [2.75, 3.05) is 0 Å². The third-order valence-electron chi connectivity index (χ3n) is 8.29. The number of rotatable bonds is 6. The molecule has 1 aromatic heterocycles. The summed E-state index contributed by atoms with van der Waals surface area (Å²) in [6, 6.07) is 32.4. The van der Waals surface area contributed by atoms with Crippen molar-refractivity contribution in [2.45, 2.75) is 58.5 Å². The molecular formula is C39H39N3. The molecule has 0 amide bonds. The van der Waals surface area contributed by atoms with E-state index in [1.54, 1.807) is 0 Å². The molecule has 3 nitrogen and oxygen atoms in total. The fraction of sp³-hybridized carbons (Fsp3) is 0.256. The fourth-order valence-corrected chi connectivity index (χ4v) is 6.20. The number of benzene rings is 3. The normalized spacial score (nSPS) is 18.3. The van der Waals surface area contributed by atoms with Gasteiger partial charge in [-0.3, -0.25) is 15.0 Å². The van der Waals surface area contributed by atoms with Gasteiger partial charge < -0.3 is 0 Å². The van der Waals surface area contributed by atoms with Crippen LogP contribution in [0.2, 0.25) is 0 Å². The van der Waals surface area contributed by atoms with Crippen molar-refractivity contribution >= 4 is 11.4 Å². The van der Waals surface area contributed by atoms with Gasteiger partial charge in [0.05, 0.1) is 23.5 Å². The Bertz CT molecular complexity index is 1710. The van der Waals surface area contributed by atoms with Crippen LogP contribution in [-0.4, -0.2) is 28.5 Å². The van der Waals surface area contributed by atoms with E-state index in [0.29, 0.717) is 0 Å². The zero-order valence-corrected chi connectivity index (χ0v) is 25.3. The van der Waals surface area contributed by atoms with E-state index in [1.807, 2.05) is 6.20 Å². The molecule has 0 saturated carbocycles. The molecule has 2 atom stereocenters. The van der Waals surface area contributed by atoms with E-state index in [0.717, 1.165) is 34.7 Å². The molecule has 2 heterocycles. The number of aliphatic imine (C=N–C) groups is 2. The minimum Gasteiger partial charge on any atom is -0.277 e. The Labute approximate surface area is 250 Å². The van der Waals surface area contributed by atoms with E-state index in [4.69, 9.17) is 15.0 Å². The lowest BCUT2D eigenvalue weighted by molar-refractivity contribution is 0.509. The molecule has 3 aromatic carbocycles. The summed E-state index contributed by atoms with van der Waals surface area (Å²) in [5, 5.41) is 0. The summed E-state index contributed by atoms with van der Waals surface area (Å²) in [5.74, 6) is 0. The molecule has 2 unspecified atom stereocenters. The first kappa shape index (κ1) is 27.8. The molecule has 0 radical (unpaired) electrons. The second-order valence-electron chi connectivity index (χ2n) is 13.0. The maximum absolute atomic E-state index is 5.36. The Morgan fingerprint density at radius 1 is 0.595 bits per heavy atom. The summed E-state index contributed by atoms with van der Waals surface area (Å²) in [6.45, 7) is 11.4. The highest BCUT2D eigenvalue weighted by molar-refractivity contribution is 6.50. The fourth-order valence-electron chi connectivity index (χ4n) is 6.20. The van der Waals surface area contributed by atoms with Gasteiger partial charge in [-0.2, -0.15) is 0 Å². The van der Waals surface area contributed by atoms with Gasteiger partial charge in [-0.15, -0.1) is 0 Å². The highest BCUT2D eigenvalue weighted by atomic mass is 15.0. The van der Waals surface area contributed by atoms with Gasteiger partial charge in [-0.25, -0.2) is 0 Å². The minimum atomic E-state index is -0.310. The smallest absolute Gasteiger partial charge is 0.0950 e. The van der Waals surface area contributed by atoms with Gasteiger partial charge >= 0.3 is 0 Å². The van der Waals surface area contributed by atoms with Crippen molar-refractivity contribution in [2.24, 2.45) is 15.4 Å². The number of hydrogen-bond donors (Lipinski definition) is 0. The number of nitrogens with zero attached hydrogens (tertiary/aromatic N) is 3. The first-order valence-electron chi connectivity index (χ1n) is 14.9. The van der Waals surface area contributed by atoms with Crippen molar-refractivity contribution in [3.8, 4) is 22.3 Å². The maximum atomic E-state index is 5.36. The lowest BCUT2D eigenvalue weighted by Gasteiger charge is -2.34. The molecule has 0 bridgehead atoms. The SMILES string of the molecule is CC(C)(Cc1ncccc1-c1ccccc1-c1ccccc1C(C)(C)C)C1=NC2C=CC=CC2N=C1c1ccccc1. The number of allylic oxidation sites excluding steroid dienone is 2. The molecule has 6 rings (SSSR count). The average molecular weight is 550 g/mol. The Balaban J connectivity index is 1.43. The van der Waals surface area contributed by atoms with Gasteiger partial charge in [0, 0.05) is 34.9 Å². The van der Waals surface area contributed by atoms with Crippen LogP contribution in [0.3, 0.4) is 0 Å². The van der Waals surface area contributed by atoms with E-state index in [2.05, 4.69) is 150 Å². The van der Waals surface area contributed by atoms with Crippen molar-refractivity contribution in [1.82, 2.24) is 4.98 Å². The highest BCUT2D eigenvalue weighted by Gasteiger charge is 2.36. The van der Waals surface area contributed by atoms with Crippen LogP contribution in [0.15, 0.2) is 131 Å². The van der Waals surface area contributed by atoms with Gasteiger partial charge in [0.25, 0.3) is 0 Å². The first-order chi connectivity index (χ1) is 20.2. The van der Waals surface area contributed by atoms with Crippen LogP contribution < -0.4 is 0 Å². The number of aromatic nitrogens is 1. The summed E-state index contributed by atoms with van der Waals surface area (Å²) < 4.78 is 0. The summed E-state index contributed by atoms with van der Waals surface area (Å²) in [7, 11) is 0. The molecule has 3 heteroatoms. The molecule has 1 aliphatic carbocycles. The van der Waals surface area contributed by atoms with E-state index >= 15 is 0 Å². The minimum absolute atomic E-state index is 0.0227. The summed E-state index contributed by atoms with van der Waals surface area (Å²) in [6.07, 6.45) is 11.1. The number of hydrogen-bond acceptors (Lipinski definition) is 3. The molecule has 4 aromatic rings. The second-order valence-corrected chi connectivity index (χ2v) is 13.0. The largest absolute Gasteiger partial charge is 0.277 e. The quantitative estimate of drug-likeness (QED) is 0.236. The maximum Gasteiger partial charge on any atom is 0.0950 e. The molecule has 210 valence electrons. The van der Waals surface area contributed by atoms with E-state index in [1.165, 1.54) is 22.3 Å². The second kappa shape index (κ2) is 11.1. The van der Waals surface area contributed by atoms with Gasteiger partial charge in [-0.05, 0) is 33.7 Å². The Morgan fingerprint density at radius 2 is 1.17 bits per heavy atom. The van der Waals surface area contributed by atoms with E-state index in [9.17, 15) is 0 Å². The lowest BCUT2D eigenvalue weighted by Crippen LogP contribution is -2.41. The van der Waals surface area contributed by atoms with Gasteiger partial charge in [-0.1, -0.05) is 144 Å². The topological polar surface area (TPSA) is 37.6 Å². The zero-order chi connectivity index (χ0) is 29.3. The van der Waals surface area contributed by atoms with Crippen LogP contribution in [0.25, 0.3) is 22.3 Å². The standard InChI is InChI=1S/C39H39N3/c1-38(2,3)32-22-12-11-20-30(32)28-18-9-10-19-29(28)31-21-15-25-40-35(31)26-39(4,5)37-36(27-16-7-6-8-17-27)41-33-23-13-14-24-34(33)42-37/h6-25,33-34H,26H2,1-5H3. The zero-order valence-electron chi connectivity index (χ0n) is 25.3. The first-order valence-corrected chi connectivity index (χ1v) is 14.9. The van der Waals surface area contributed by atoms with Crippen LogP contribution in [-0.2, 0) is 11.8 Å². The van der Waals surface area contributed by atoms with Gasteiger partial charge in [0.2, 0.25) is 0 Å². The predicted molar refractivity (Wildman–Crippen MR) is 178 cm³/mol. The summed E-state index contributed by atoms with van der Waals surface area (Å²) in [5.41, 5.74) is 10.1. The van der Waals surface area contributed by atoms with Crippen LogP contribution in [0.4, 0.5) is 0 Å². The molecule has 0 spiro atoms. The molecular weight excluding hydrogens is 510 g/mol. The predicted octanol–water partition coefficient (Wildman–Crippen LogP) is 9.09. The van der Waals surface area contributed by atoms with Crippen molar-refractivity contribution < 1.29 is 0 Å². The molecule has 0 saturated heterocycles. The Hall–Kier alpha value is -4.37. The van der Waals surface area contributed by atoms with Crippen LogP contribution >= 0.6 is 0 Å². The van der Waals surface area contributed by atoms with Crippen molar-refractivity contribution in [1.29, 1.82) is 0 Å². The van der Waals surface area contributed by atoms with Crippen LogP contribution in [0.1, 0.15) is 51.4 Å². The van der Waals surface area contributed by atoms with Gasteiger partial charge in [0.15, 0.2) is 0 Å².